The maximum absolute atomic E-state index is 5.65. The van der Waals surface area contributed by atoms with E-state index in [1.165, 1.54) is 0 Å². The van der Waals surface area contributed by atoms with E-state index in [0.29, 0.717) is 6.61 Å². The van der Waals surface area contributed by atoms with Gasteiger partial charge in [-0.2, -0.15) is 0 Å². The van der Waals surface area contributed by atoms with Crippen molar-refractivity contribution in [1.82, 2.24) is 0 Å². The zero-order valence-electron chi connectivity index (χ0n) is 9.72. The molecule has 2 rings (SSSR count). The molecule has 0 spiro atoms. The molecule has 2 aromatic carbocycles. The minimum atomic E-state index is 0.480. The van der Waals surface area contributed by atoms with Crippen LogP contribution in [0.2, 0.25) is 0 Å². The molecule has 0 radical (unpaired) electrons. The fraction of sp³-hybridized carbons (Fsp3) is 0.143. The highest BCUT2D eigenvalue weighted by molar-refractivity contribution is 5.41. The zero-order chi connectivity index (χ0) is 12.1. The standard InChI is InChI=1S/C14H15NO2/c1-16-14-5-3-2-4-11(14)10-17-13-8-6-12(15)7-9-13/h2-9H,10,15H2,1H3. The number of hydrogen-bond acceptors (Lipinski definition) is 3. The van der Waals surface area contributed by atoms with Gasteiger partial charge in [-0.1, -0.05) is 18.2 Å². The van der Waals surface area contributed by atoms with Crippen LogP contribution in [0.5, 0.6) is 11.5 Å². The molecule has 2 aromatic rings. The molecule has 0 unspecified atom stereocenters. The van der Waals surface area contributed by atoms with Crippen LogP contribution in [0.1, 0.15) is 5.56 Å². The number of nitrogen functional groups attached to an aromatic ring is 1. The Morgan fingerprint density at radius 1 is 1.00 bits per heavy atom. The van der Waals surface area contributed by atoms with Crippen LogP contribution in [-0.4, -0.2) is 7.11 Å². The molecule has 0 saturated heterocycles. The fourth-order valence-corrected chi connectivity index (χ4v) is 1.55. The van der Waals surface area contributed by atoms with Crippen LogP contribution in [0.15, 0.2) is 48.5 Å². The molecule has 0 aromatic heterocycles. The lowest BCUT2D eigenvalue weighted by Crippen LogP contribution is -1.98. The first-order chi connectivity index (χ1) is 8.29. The molecule has 0 saturated carbocycles. The predicted molar refractivity (Wildman–Crippen MR) is 68.2 cm³/mol. The Labute approximate surface area is 101 Å². The molecule has 0 heterocycles. The van der Waals surface area contributed by atoms with Gasteiger partial charge in [-0.25, -0.2) is 0 Å². The summed E-state index contributed by atoms with van der Waals surface area (Å²) in [6, 6.07) is 15.1. The molecule has 0 amide bonds. The average Bonchev–Trinajstić information content (AvgIpc) is 2.38. The van der Waals surface area contributed by atoms with Crippen molar-refractivity contribution in [2.24, 2.45) is 0 Å². The summed E-state index contributed by atoms with van der Waals surface area (Å²) in [4.78, 5) is 0. The summed E-state index contributed by atoms with van der Waals surface area (Å²) >= 11 is 0. The van der Waals surface area contributed by atoms with Gasteiger partial charge in [-0.05, 0) is 30.3 Å². The van der Waals surface area contributed by atoms with Gasteiger partial charge < -0.3 is 15.2 Å². The second-order valence-corrected chi connectivity index (χ2v) is 3.67. The summed E-state index contributed by atoms with van der Waals surface area (Å²) in [6.07, 6.45) is 0. The molecule has 0 fully saturated rings. The van der Waals surface area contributed by atoms with Crippen molar-refractivity contribution in [2.75, 3.05) is 12.8 Å². The first-order valence-corrected chi connectivity index (χ1v) is 5.40. The Bertz CT molecular complexity index is 480. The third-order valence-corrected chi connectivity index (χ3v) is 2.47. The lowest BCUT2D eigenvalue weighted by molar-refractivity contribution is 0.297. The second kappa shape index (κ2) is 5.25. The van der Waals surface area contributed by atoms with Crippen LogP contribution in [0.25, 0.3) is 0 Å². The molecule has 88 valence electrons. The molecule has 0 aliphatic heterocycles. The van der Waals surface area contributed by atoms with E-state index in [0.717, 1.165) is 22.7 Å². The van der Waals surface area contributed by atoms with Crippen molar-refractivity contribution in [2.45, 2.75) is 6.61 Å². The zero-order valence-corrected chi connectivity index (χ0v) is 9.72. The van der Waals surface area contributed by atoms with Crippen LogP contribution in [0, 0.1) is 0 Å². The Morgan fingerprint density at radius 2 is 1.71 bits per heavy atom. The van der Waals surface area contributed by atoms with Gasteiger partial charge in [-0.3, -0.25) is 0 Å². The molecular weight excluding hydrogens is 214 g/mol. The first kappa shape index (κ1) is 11.3. The smallest absolute Gasteiger partial charge is 0.125 e. The molecule has 3 nitrogen and oxygen atoms in total. The molecular formula is C14H15NO2. The number of hydrogen-bond donors (Lipinski definition) is 1. The van der Waals surface area contributed by atoms with Crippen molar-refractivity contribution < 1.29 is 9.47 Å². The van der Waals surface area contributed by atoms with Gasteiger partial charge in [0.15, 0.2) is 0 Å². The normalized spacial score (nSPS) is 9.94. The number of nitrogens with two attached hydrogens (primary N) is 1. The highest BCUT2D eigenvalue weighted by Crippen LogP contribution is 2.20. The minimum Gasteiger partial charge on any atom is -0.496 e. The monoisotopic (exact) mass is 229 g/mol. The summed E-state index contributed by atoms with van der Waals surface area (Å²) in [5.41, 5.74) is 7.36. The van der Waals surface area contributed by atoms with E-state index in [1.54, 1.807) is 7.11 Å². The molecule has 3 heteroatoms. The van der Waals surface area contributed by atoms with Gasteiger partial charge >= 0.3 is 0 Å². The van der Waals surface area contributed by atoms with Crippen LogP contribution >= 0.6 is 0 Å². The maximum Gasteiger partial charge on any atom is 0.125 e. The maximum atomic E-state index is 5.65. The van der Waals surface area contributed by atoms with E-state index in [1.807, 2.05) is 48.5 Å². The molecule has 0 aliphatic rings. The van der Waals surface area contributed by atoms with E-state index < -0.39 is 0 Å². The largest absolute Gasteiger partial charge is 0.496 e. The van der Waals surface area contributed by atoms with Crippen molar-refractivity contribution >= 4 is 5.69 Å². The lowest BCUT2D eigenvalue weighted by atomic mass is 10.2. The van der Waals surface area contributed by atoms with E-state index in [-0.39, 0.29) is 0 Å². The van der Waals surface area contributed by atoms with Crippen LogP contribution < -0.4 is 15.2 Å². The molecule has 0 aliphatic carbocycles. The topological polar surface area (TPSA) is 44.5 Å². The quantitative estimate of drug-likeness (QED) is 0.820. The SMILES string of the molecule is COc1ccccc1COc1ccc(N)cc1. The molecule has 0 atom stereocenters. The van der Waals surface area contributed by atoms with E-state index in [4.69, 9.17) is 15.2 Å². The molecule has 0 bridgehead atoms. The number of anilines is 1. The summed E-state index contributed by atoms with van der Waals surface area (Å²) in [5.74, 6) is 1.63. The van der Waals surface area contributed by atoms with Gasteiger partial charge in [-0.15, -0.1) is 0 Å². The highest BCUT2D eigenvalue weighted by Gasteiger charge is 2.02. The van der Waals surface area contributed by atoms with E-state index in [2.05, 4.69) is 0 Å². The Hall–Kier alpha value is -2.16. The molecule has 2 N–H and O–H groups in total. The second-order valence-electron chi connectivity index (χ2n) is 3.67. The third kappa shape index (κ3) is 2.91. The number of benzene rings is 2. The lowest BCUT2D eigenvalue weighted by Gasteiger charge is -2.10. The fourth-order valence-electron chi connectivity index (χ4n) is 1.55. The number of methoxy groups -OCH3 is 1. The predicted octanol–water partition coefficient (Wildman–Crippen LogP) is 2.86. The highest BCUT2D eigenvalue weighted by atomic mass is 16.5. The average molecular weight is 229 g/mol. The van der Waals surface area contributed by atoms with Gasteiger partial charge in [0.25, 0.3) is 0 Å². The van der Waals surface area contributed by atoms with Gasteiger partial charge in [0.1, 0.15) is 18.1 Å². The van der Waals surface area contributed by atoms with Gasteiger partial charge in [0.2, 0.25) is 0 Å². The summed E-state index contributed by atoms with van der Waals surface area (Å²) in [7, 11) is 1.65. The van der Waals surface area contributed by atoms with Gasteiger partial charge in [0.05, 0.1) is 7.11 Å². The number of ether oxygens (including phenoxy) is 2. The number of para-hydroxylation sites is 1. The summed E-state index contributed by atoms with van der Waals surface area (Å²) in [5, 5.41) is 0. The Kier molecular flexibility index (Phi) is 3.50. The van der Waals surface area contributed by atoms with Gasteiger partial charge in [0, 0.05) is 11.3 Å². The number of rotatable bonds is 4. The summed E-state index contributed by atoms with van der Waals surface area (Å²) in [6.45, 7) is 0.480. The van der Waals surface area contributed by atoms with E-state index >= 15 is 0 Å². The third-order valence-electron chi connectivity index (χ3n) is 2.47. The molecule has 17 heavy (non-hydrogen) atoms. The van der Waals surface area contributed by atoms with Crippen LogP contribution in [-0.2, 0) is 6.61 Å². The Balaban J connectivity index is 2.04. The Morgan fingerprint density at radius 3 is 2.41 bits per heavy atom. The first-order valence-electron chi connectivity index (χ1n) is 5.40. The minimum absolute atomic E-state index is 0.480. The van der Waals surface area contributed by atoms with Crippen molar-refractivity contribution in [3.05, 3.63) is 54.1 Å². The van der Waals surface area contributed by atoms with Crippen molar-refractivity contribution in [3.8, 4) is 11.5 Å². The van der Waals surface area contributed by atoms with Crippen molar-refractivity contribution in [1.29, 1.82) is 0 Å². The summed E-state index contributed by atoms with van der Waals surface area (Å²) < 4.78 is 10.9. The van der Waals surface area contributed by atoms with Crippen LogP contribution in [0.3, 0.4) is 0 Å². The van der Waals surface area contributed by atoms with Crippen LogP contribution in [0.4, 0.5) is 5.69 Å². The van der Waals surface area contributed by atoms with E-state index in [9.17, 15) is 0 Å². The van der Waals surface area contributed by atoms with Crippen molar-refractivity contribution in [3.63, 3.8) is 0 Å².